The molecule has 0 bridgehead atoms. The third kappa shape index (κ3) is 5.09. The topological polar surface area (TPSA) is 54.0 Å². The van der Waals surface area contributed by atoms with Crippen LogP contribution >= 0.6 is 0 Å². The molecule has 0 radical (unpaired) electrons. The molecular weight excluding hydrogens is 318 g/mol. The van der Waals surface area contributed by atoms with Gasteiger partial charge in [-0.15, -0.1) is 0 Å². The van der Waals surface area contributed by atoms with Crippen LogP contribution in [0.1, 0.15) is 31.7 Å². The average Bonchev–Trinajstić information content (AvgIpc) is 3.10. The van der Waals surface area contributed by atoms with Gasteiger partial charge in [-0.2, -0.15) is 0 Å². The first-order valence-corrected chi connectivity index (χ1v) is 9.35. The molecular formula is C19H29N3O3. The van der Waals surface area contributed by atoms with Crippen LogP contribution < -0.4 is 14.8 Å². The normalized spacial score (nSPS) is 17.1. The van der Waals surface area contributed by atoms with Crippen molar-refractivity contribution in [2.24, 2.45) is 0 Å². The number of carbonyl (C=O) groups excluding carboxylic acids is 1. The standard InChI is InChI=1S/C19H29N3O3/c1-2-3-7-20-8-6-19(23)22-11-9-21(10-12-22)14-16-4-5-17-18(13-16)25-15-24-17/h4-5,13,20H,2-3,6-12,14-15H2,1H3. The highest BCUT2D eigenvalue weighted by Crippen LogP contribution is 2.32. The Balaban J connectivity index is 1.37. The molecule has 3 rings (SSSR count). The predicted molar refractivity (Wildman–Crippen MR) is 96.8 cm³/mol. The number of benzene rings is 1. The Labute approximate surface area is 150 Å². The van der Waals surface area contributed by atoms with Crippen molar-refractivity contribution >= 4 is 5.91 Å². The van der Waals surface area contributed by atoms with Gasteiger partial charge in [-0.1, -0.05) is 19.4 Å². The summed E-state index contributed by atoms with van der Waals surface area (Å²) in [7, 11) is 0. The monoisotopic (exact) mass is 347 g/mol. The number of fused-ring (bicyclic) bond motifs is 1. The second-order valence-electron chi connectivity index (χ2n) is 6.70. The smallest absolute Gasteiger partial charge is 0.231 e. The van der Waals surface area contributed by atoms with Gasteiger partial charge in [0.05, 0.1) is 0 Å². The van der Waals surface area contributed by atoms with Gasteiger partial charge in [-0.3, -0.25) is 9.69 Å². The molecule has 2 aliphatic heterocycles. The van der Waals surface area contributed by atoms with Gasteiger partial charge in [0.25, 0.3) is 0 Å². The zero-order valence-electron chi connectivity index (χ0n) is 15.1. The molecule has 1 amide bonds. The minimum absolute atomic E-state index is 0.270. The Morgan fingerprint density at radius 3 is 2.72 bits per heavy atom. The van der Waals surface area contributed by atoms with E-state index in [2.05, 4.69) is 29.3 Å². The molecule has 0 unspecified atom stereocenters. The van der Waals surface area contributed by atoms with Crippen molar-refractivity contribution < 1.29 is 14.3 Å². The Bertz CT molecular complexity index is 571. The largest absolute Gasteiger partial charge is 0.454 e. The fourth-order valence-electron chi connectivity index (χ4n) is 3.23. The molecule has 138 valence electrons. The summed E-state index contributed by atoms with van der Waals surface area (Å²) >= 11 is 0. The lowest BCUT2D eigenvalue weighted by Gasteiger charge is -2.34. The molecule has 0 atom stereocenters. The van der Waals surface area contributed by atoms with Crippen LogP contribution in [0.2, 0.25) is 0 Å². The van der Waals surface area contributed by atoms with E-state index < -0.39 is 0 Å². The van der Waals surface area contributed by atoms with Crippen molar-refractivity contribution in [3.8, 4) is 11.5 Å². The summed E-state index contributed by atoms with van der Waals surface area (Å²) in [6.07, 6.45) is 2.96. The number of rotatable bonds is 8. The highest BCUT2D eigenvalue weighted by molar-refractivity contribution is 5.76. The van der Waals surface area contributed by atoms with Crippen LogP contribution in [0.25, 0.3) is 0 Å². The summed E-state index contributed by atoms with van der Waals surface area (Å²) in [5.41, 5.74) is 1.23. The SMILES string of the molecule is CCCCNCCC(=O)N1CCN(Cc2ccc3c(c2)OCO3)CC1. The number of ether oxygens (including phenoxy) is 2. The predicted octanol–water partition coefficient (Wildman–Crippen LogP) is 1.84. The number of piperazine rings is 1. The fourth-order valence-corrected chi connectivity index (χ4v) is 3.23. The van der Waals surface area contributed by atoms with Gasteiger partial charge in [0.1, 0.15) is 0 Å². The van der Waals surface area contributed by atoms with Crippen molar-refractivity contribution in [3.05, 3.63) is 23.8 Å². The average molecular weight is 347 g/mol. The number of hydrogen-bond acceptors (Lipinski definition) is 5. The van der Waals surface area contributed by atoms with Crippen molar-refractivity contribution in [2.45, 2.75) is 32.7 Å². The fraction of sp³-hybridized carbons (Fsp3) is 0.632. The van der Waals surface area contributed by atoms with Crippen LogP contribution in [0.15, 0.2) is 18.2 Å². The van der Waals surface area contributed by atoms with Crippen molar-refractivity contribution in [2.75, 3.05) is 46.1 Å². The Kier molecular flexibility index (Phi) is 6.53. The van der Waals surface area contributed by atoms with Crippen LogP contribution in [0.5, 0.6) is 11.5 Å². The van der Waals surface area contributed by atoms with Gasteiger partial charge < -0.3 is 19.7 Å². The van der Waals surface area contributed by atoms with Gasteiger partial charge in [0.2, 0.25) is 12.7 Å². The summed E-state index contributed by atoms with van der Waals surface area (Å²) in [6.45, 7) is 8.65. The van der Waals surface area contributed by atoms with Crippen molar-refractivity contribution in [1.82, 2.24) is 15.1 Å². The maximum atomic E-state index is 12.3. The van der Waals surface area contributed by atoms with E-state index in [-0.39, 0.29) is 5.91 Å². The maximum Gasteiger partial charge on any atom is 0.231 e. The van der Waals surface area contributed by atoms with Gasteiger partial charge >= 0.3 is 0 Å². The minimum Gasteiger partial charge on any atom is -0.454 e. The molecule has 2 aliphatic rings. The second-order valence-corrected chi connectivity index (χ2v) is 6.70. The van der Waals surface area contributed by atoms with Gasteiger partial charge in [-0.05, 0) is 30.7 Å². The lowest BCUT2D eigenvalue weighted by molar-refractivity contribution is -0.132. The Morgan fingerprint density at radius 1 is 1.12 bits per heavy atom. The first-order chi connectivity index (χ1) is 12.3. The van der Waals surface area contributed by atoms with Crippen molar-refractivity contribution in [1.29, 1.82) is 0 Å². The molecule has 1 fully saturated rings. The van der Waals surface area contributed by atoms with E-state index >= 15 is 0 Å². The van der Waals surface area contributed by atoms with Crippen LogP contribution in [-0.2, 0) is 11.3 Å². The molecule has 1 aromatic carbocycles. The van der Waals surface area contributed by atoms with E-state index in [1.165, 1.54) is 18.4 Å². The van der Waals surface area contributed by atoms with Gasteiger partial charge in [0, 0.05) is 45.7 Å². The van der Waals surface area contributed by atoms with E-state index in [0.29, 0.717) is 13.2 Å². The Hall–Kier alpha value is -1.79. The number of unbranched alkanes of at least 4 members (excludes halogenated alkanes) is 1. The lowest BCUT2D eigenvalue weighted by Crippen LogP contribution is -2.48. The van der Waals surface area contributed by atoms with Crippen LogP contribution in [-0.4, -0.2) is 61.8 Å². The van der Waals surface area contributed by atoms with E-state index in [1.807, 2.05) is 11.0 Å². The highest BCUT2D eigenvalue weighted by Gasteiger charge is 2.21. The van der Waals surface area contributed by atoms with Gasteiger partial charge in [-0.25, -0.2) is 0 Å². The number of nitrogens with one attached hydrogen (secondary N) is 1. The molecule has 2 heterocycles. The van der Waals surface area contributed by atoms with Crippen LogP contribution in [0, 0.1) is 0 Å². The zero-order chi connectivity index (χ0) is 17.5. The minimum atomic E-state index is 0.270. The molecule has 6 heteroatoms. The second kappa shape index (κ2) is 9.06. The molecule has 1 N–H and O–H groups in total. The van der Waals surface area contributed by atoms with E-state index in [1.54, 1.807) is 0 Å². The van der Waals surface area contributed by atoms with E-state index in [4.69, 9.17) is 9.47 Å². The quantitative estimate of drug-likeness (QED) is 0.727. The zero-order valence-corrected chi connectivity index (χ0v) is 15.1. The Morgan fingerprint density at radius 2 is 1.92 bits per heavy atom. The van der Waals surface area contributed by atoms with Gasteiger partial charge in [0.15, 0.2) is 11.5 Å². The maximum absolute atomic E-state index is 12.3. The first-order valence-electron chi connectivity index (χ1n) is 9.35. The molecule has 6 nitrogen and oxygen atoms in total. The number of hydrogen-bond donors (Lipinski definition) is 1. The molecule has 0 aromatic heterocycles. The molecule has 0 saturated carbocycles. The third-order valence-electron chi connectivity index (χ3n) is 4.79. The molecule has 25 heavy (non-hydrogen) atoms. The first kappa shape index (κ1) is 18.0. The summed E-state index contributed by atoms with van der Waals surface area (Å²) in [4.78, 5) is 16.6. The molecule has 0 spiro atoms. The summed E-state index contributed by atoms with van der Waals surface area (Å²) in [5, 5.41) is 3.34. The molecule has 1 aromatic rings. The van der Waals surface area contributed by atoms with Crippen molar-refractivity contribution in [3.63, 3.8) is 0 Å². The summed E-state index contributed by atoms with van der Waals surface area (Å²) in [6, 6.07) is 6.12. The molecule has 0 aliphatic carbocycles. The summed E-state index contributed by atoms with van der Waals surface area (Å²) in [5.74, 6) is 1.93. The van der Waals surface area contributed by atoms with Crippen LogP contribution in [0.3, 0.4) is 0 Å². The third-order valence-corrected chi connectivity index (χ3v) is 4.79. The molecule has 1 saturated heterocycles. The number of carbonyl (C=O) groups is 1. The number of nitrogens with zero attached hydrogens (tertiary/aromatic N) is 2. The van der Waals surface area contributed by atoms with Crippen LogP contribution in [0.4, 0.5) is 0 Å². The van der Waals surface area contributed by atoms with E-state index in [9.17, 15) is 4.79 Å². The lowest BCUT2D eigenvalue weighted by atomic mass is 10.1. The number of amides is 1. The summed E-state index contributed by atoms with van der Waals surface area (Å²) < 4.78 is 10.8. The van der Waals surface area contributed by atoms with E-state index in [0.717, 1.165) is 57.3 Å². The highest BCUT2D eigenvalue weighted by atomic mass is 16.7.